The van der Waals surface area contributed by atoms with Gasteiger partial charge in [-0.25, -0.2) is 4.39 Å². The molecule has 3 N–H and O–H groups in total. The zero-order valence-electron chi connectivity index (χ0n) is 8.04. The summed E-state index contributed by atoms with van der Waals surface area (Å²) in [5, 5.41) is 0. The van der Waals surface area contributed by atoms with Crippen molar-refractivity contribution in [1.29, 1.82) is 0 Å². The van der Waals surface area contributed by atoms with Gasteiger partial charge >= 0.3 is 0 Å². The van der Waals surface area contributed by atoms with Gasteiger partial charge in [0.1, 0.15) is 5.82 Å². The Hall–Kier alpha value is -0.930. The maximum absolute atomic E-state index is 13.3. The van der Waals surface area contributed by atoms with Crippen LogP contribution in [0.3, 0.4) is 0 Å². The number of nitrogens with one attached hydrogen (secondary N) is 1. The molecule has 1 atom stereocenters. The van der Waals surface area contributed by atoms with Gasteiger partial charge in [-0.05, 0) is 36.8 Å². The molecule has 1 aliphatic carbocycles. The van der Waals surface area contributed by atoms with Crippen molar-refractivity contribution in [2.45, 2.75) is 25.3 Å². The molecule has 76 valence electrons. The SMILES string of the molecule is NNC(Cc1ccccc1F)C1CC1. The average molecular weight is 194 g/mol. The van der Waals surface area contributed by atoms with Crippen LogP contribution in [-0.4, -0.2) is 6.04 Å². The van der Waals surface area contributed by atoms with E-state index in [2.05, 4.69) is 5.43 Å². The molecule has 1 fully saturated rings. The predicted molar refractivity (Wildman–Crippen MR) is 53.9 cm³/mol. The van der Waals surface area contributed by atoms with Gasteiger partial charge in [0.25, 0.3) is 0 Å². The van der Waals surface area contributed by atoms with Crippen LogP contribution >= 0.6 is 0 Å². The molecule has 2 rings (SSSR count). The van der Waals surface area contributed by atoms with E-state index in [1.807, 2.05) is 12.1 Å². The van der Waals surface area contributed by atoms with E-state index in [0.29, 0.717) is 12.3 Å². The molecule has 0 spiro atoms. The van der Waals surface area contributed by atoms with Gasteiger partial charge in [-0.3, -0.25) is 11.3 Å². The van der Waals surface area contributed by atoms with E-state index >= 15 is 0 Å². The molecule has 1 unspecified atom stereocenters. The fourth-order valence-corrected chi connectivity index (χ4v) is 1.76. The first-order valence-corrected chi connectivity index (χ1v) is 5.01. The summed E-state index contributed by atoms with van der Waals surface area (Å²) in [5.74, 6) is 5.95. The first-order valence-electron chi connectivity index (χ1n) is 5.01. The molecule has 1 aromatic carbocycles. The van der Waals surface area contributed by atoms with Crippen molar-refractivity contribution in [2.75, 3.05) is 0 Å². The predicted octanol–water partition coefficient (Wildman–Crippen LogP) is 1.61. The first kappa shape index (κ1) is 9.62. The van der Waals surface area contributed by atoms with Crippen molar-refractivity contribution < 1.29 is 4.39 Å². The number of halogens is 1. The van der Waals surface area contributed by atoms with Gasteiger partial charge in [-0.1, -0.05) is 18.2 Å². The fourth-order valence-electron chi connectivity index (χ4n) is 1.76. The van der Waals surface area contributed by atoms with E-state index in [1.165, 1.54) is 18.9 Å². The second kappa shape index (κ2) is 4.07. The lowest BCUT2D eigenvalue weighted by atomic mass is 10.0. The molecule has 0 aliphatic heterocycles. The third-order valence-electron chi connectivity index (χ3n) is 2.80. The van der Waals surface area contributed by atoms with Crippen molar-refractivity contribution in [2.24, 2.45) is 11.8 Å². The zero-order valence-corrected chi connectivity index (χ0v) is 8.04. The van der Waals surface area contributed by atoms with Crippen LogP contribution in [0, 0.1) is 11.7 Å². The zero-order chi connectivity index (χ0) is 9.97. The molecule has 14 heavy (non-hydrogen) atoms. The molecule has 0 heterocycles. The Morgan fingerprint density at radius 2 is 2.14 bits per heavy atom. The monoisotopic (exact) mass is 194 g/mol. The van der Waals surface area contributed by atoms with Crippen LogP contribution in [0.4, 0.5) is 4.39 Å². The third-order valence-corrected chi connectivity index (χ3v) is 2.80. The summed E-state index contributed by atoms with van der Waals surface area (Å²) in [5.41, 5.74) is 3.53. The van der Waals surface area contributed by atoms with E-state index in [0.717, 1.165) is 5.56 Å². The quantitative estimate of drug-likeness (QED) is 0.564. The molecule has 1 aromatic rings. The van der Waals surface area contributed by atoms with E-state index < -0.39 is 0 Å². The Balaban J connectivity index is 2.04. The number of nitrogens with two attached hydrogens (primary N) is 1. The minimum atomic E-state index is -0.131. The summed E-state index contributed by atoms with van der Waals surface area (Å²) >= 11 is 0. The maximum atomic E-state index is 13.3. The number of hydrogen-bond acceptors (Lipinski definition) is 2. The summed E-state index contributed by atoms with van der Waals surface area (Å²) in [6.07, 6.45) is 3.11. The van der Waals surface area contributed by atoms with Gasteiger partial charge in [0.05, 0.1) is 0 Å². The number of benzene rings is 1. The smallest absolute Gasteiger partial charge is 0.126 e. The Morgan fingerprint density at radius 1 is 1.43 bits per heavy atom. The molecule has 1 aliphatic rings. The lowest BCUT2D eigenvalue weighted by Gasteiger charge is -2.15. The summed E-state index contributed by atoms with van der Waals surface area (Å²) < 4.78 is 13.3. The normalized spacial score (nSPS) is 18.1. The Morgan fingerprint density at radius 3 is 2.71 bits per heavy atom. The minimum Gasteiger partial charge on any atom is -0.271 e. The minimum absolute atomic E-state index is 0.131. The van der Waals surface area contributed by atoms with Crippen LogP contribution in [0.1, 0.15) is 18.4 Å². The van der Waals surface area contributed by atoms with Crippen molar-refractivity contribution in [1.82, 2.24) is 5.43 Å². The molecule has 1 saturated carbocycles. The van der Waals surface area contributed by atoms with E-state index in [-0.39, 0.29) is 11.9 Å². The molecule has 3 heteroatoms. The highest BCUT2D eigenvalue weighted by atomic mass is 19.1. The van der Waals surface area contributed by atoms with Crippen LogP contribution in [0.25, 0.3) is 0 Å². The second-order valence-corrected chi connectivity index (χ2v) is 3.91. The fraction of sp³-hybridized carbons (Fsp3) is 0.455. The van der Waals surface area contributed by atoms with E-state index in [9.17, 15) is 4.39 Å². The van der Waals surface area contributed by atoms with Crippen molar-refractivity contribution in [3.8, 4) is 0 Å². The molecule has 0 aromatic heterocycles. The first-order chi connectivity index (χ1) is 6.81. The van der Waals surface area contributed by atoms with Crippen molar-refractivity contribution in [3.05, 3.63) is 35.6 Å². The van der Waals surface area contributed by atoms with Gasteiger partial charge in [0.15, 0.2) is 0 Å². The molecular formula is C11H15FN2. The largest absolute Gasteiger partial charge is 0.271 e. The van der Waals surface area contributed by atoms with Crippen molar-refractivity contribution in [3.63, 3.8) is 0 Å². The summed E-state index contributed by atoms with van der Waals surface area (Å²) in [7, 11) is 0. The Labute approximate surface area is 83.3 Å². The molecule has 2 nitrogen and oxygen atoms in total. The van der Waals surface area contributed by atoms with Gasteiger partial charge in [-0.15, -0.1) is 0 Å². The highest BCUT2D eigenvalue weighted by molar-refractivity contribution is 5.19. The van der Waals surface area contributed by atoms with Gasteiger partial charge < -0.3 is 0 Å². The highest BCUT2D eigenvalue weighted by Gasteiger charge is 2.30. The Kier molecular flexibility index (Phi) is 2.79. The lowest BCUT2D eigenvalue weighted by molar-refractivity contribution is 0.462. The molecular weight excluding hydrogens is 179 g/mol. The Bertz CT molecular complexity index is 310. The summed E-state index contributed by atoms with van der Waals surface area (Å²) in [6, 6.07) is 7.12. The summed E-state index contributed by atoms with van der Waals surface area (Å²) in [6.45, 7) is 0. The maximum Gasteiger partial charge on any atom is 0.126 e. The molecule has 0 bridgehead atoms. The molecule has 0 radical (unpaired) electrons. The third kappa shape index (κ3) is 2.11. The summed E-state index contributed by atoms with van der Waals surface area (Å²) in [4.78, 5) is 0. The van der Waals surface area contributed by atoms with Crippen LogP contribution in [0.2, 0.25) is 0 Å². The molecule has 0 amide bonds. The van der Waals surface area contributed by atoms with Gasteiger partial charge in [-0.2, -0.15) is 0 Å². The number of rotatable bonds is 4. The van der Waals surface area contributed by atoms with Crippen LogP contribution in [0.5, 0.6) is 0 Å². The van der Waals surface area contributed by atoms with Gasteiger partial charge in [0.2, 0.25) is 0 Å². The average Bonchev–Trinajstić information content (AvgIpc) is 3.00. The lowest BCUT2D eigenvalue weighted by Crippen LogP contribution is -2.38. The molecule has 0 saturated heterocycles. The highest BCUT2D eigenvalue weighted by Crippen LogP contribution is 2.33. The number of hydrogen-bond donors (Lipinski definition) is 2. The van der Waals surface area contributed by atoms with Gasteiger partial charge in [0, 0.05) is 6.04 Å². The van der Waals surface area contributed by atoms with Crippen LogP contribution in [0.15, 0.2) is 24.3 Å². The van der Waals surface area contributed by atoms with E-state index in [4.69, 9.17) is 5.84 Å². The standard InChI is InChI=1S/C11H15FN2/c12-10-4-2-1-3-9(10)7-11(14-13)8-5-6-8/h1-4,8,11,14H,5-7,13H2. The topological polar surface area (TPSA) is 38.0 Å². The van der Waals surface area contributed by atoms with E-state index in [1.54, 1.807) is 6.07 Å². The number of hydrazine groups is 1. The van der Waals surface area contributed by atoms with Crippen LogP contribution < -0.4 is 11.3 Å². The van der Waals surface area contributed by atoms with Crippen molar-refractivity contribution >= 4 is 0 Å². The second-order valence-electron chi connectivity index (χ2n) is 3.91. The van der Waals surface area contributed by atoms with Crippen LogP contribution in [-0.2, 0) is 6.42 Å².